The van der Waals surface area contributed by atoms with Crippen LogP contribution in [0.2, 0.25) is 0 Å². The molecular weight excluding hydrogens is 209 g/mol. The molecule has 0 radical (unpaired) electrons. The maximum absolute atomic E-state index is 8.93. The first-order valence-corrected chi connectivity index (χ1v) is 5.17. The van der Waals surface area contributed by atoms with E-state index in [0.717, 1.165) is 19.4 Å². The van der Waals surface area contributed by atoms with Gasteiger partial charge in [0.15, 0.2) is 0 Å². The number of methoxy groups -OCH3 is 1. The van der Waals surface area contributed by atoms with Crippen LogP contribution in [0.4, 0.5) is 0 Å². The van der Waals surface area contributed by atoms with Gasteiger partial charge in [0.1, 0.15) is 5.75 Å². The normalized spacial score (nSPS) is 10.2. The van der Waals surface area contributed by atoms with Gasteiger partial charge in [0.2, 0.25) is 0 Å². The average Bonchev–Trinajstić information content (AvgIpc) is 2.29. The molecule has 0 fully saturated rings. The van der Waals surface area contributed by atoms with Crippen molar-refractivity contribution >= 4 is 12.6 Å². The van der Waals surface area contributed by atoms with Crippen molar-refractivity contribution in [2.75, 3.05) is 20.3 Å². The van der Waals surface area contributed by atoms with E-state index in [-0.39, 0.29) is 0 Å². The molecule has 1 aromatic rings. The van der Waals surface area contributed by atoms with Crippen LogP contribution >= 0.6 is 0 Å². The van der Waals surface area contributed by atoms with Crippen molar-refractivity contribution in [3.05, 3.63) is 18.5 Å². The van der Waals surface area contributed by atoms with Crippen molar-refractivity contribution in [1.82, 2.24) is 4.98 Å². The van der Waals surface area contributed by atoms with Gasteiger partial charge in [0.25, 0.3) is 0 Å². The Kier molecular flexibility index (Phi) is 5.85. The number of nitrogens with zero attached hydrogens (tertiary/aromatic N) is 1. The maximum Gasteiger partial charge on any atom is 0.490 e. The molecule has 0 aliphatic rings. The predicted molar refractivity (Wildman–Crippen MR) is 60.7 cm³/mol. The molecule has 0 saturated heterocycles. The van der Waals surface area contributed by atoms with Crippen LogP contribution in [-0.2, 0) is 4.74 Å². The van der Waals surface area contributed by atoms with Crippen LogP contribution in [0.3, 0.4) is 0 Å². The van der Waals surface area contributed by atoms with Crippen LogP contribution in [0.15, 0.2) is 18.5 Å². The lowest BCUT2D eigenvalue weighted by Gasteiger charge is -2.06. The fourth-order valence-corrected chi connectivity index (χ4v) is 1.19. The van der Waals surface area contributed by atoms with E-state index in [1.165, 1.54) is 6.20 Å². The van der Waals surface area contributed by atoms with E-state index in [1.54, 1.807) is 19.4 Å². The highest BCUT2D eigenvalue weighted by Gasteiger charge is 2.11. The summed E-state index contributed by atoms with van der Waals surface area (Å²) in [4.78, 5) is 3.85. The molecule has 0 bridgehead atoms. The molecule has 5 nitrogen and oxygen atoms in total. The van der Waals surface area contributed by atoms with Crippen LogP contribution in [0.25, 0.3) is 0 Å². The molecule has 1 heterocycles. The molecule has 1 aromatic heterocycles. The zero-order valence-corrected chi connectivity index (χ0v) is 9.30. The minimum Gasteiger partial charge on any atom is -0.492 e. The van der Waals surface area contributed by atoms with Crippen molar-refractivity contribution in [3.8, 4) is 5.75 Å². The van der Waals surface area contributed by atoms with Gasteiger partial charge >= 0.3 is 7.12 Å². The van der Waals surface area contributed by atoms with Gasteiger partial charge in [-0.05, 0) is 18.9 Å². The summed E-state index contributed by atoms with van der Waals surface area (Å²) in [6.07, 6.45) is 4.76. The summed E-state index contributed by atoms with van der Waals surface area (Å²) in [6.45, 7) is 1.28. The van der Waals surface area contributed by atoms with Gasteiger partial charge in [-0.15, -0.1) is 0 Å². The van der Waals surface area contributed by atoms with E-state index >= 15 is 0 Å². The third kappa shape index (κ3) is 4.61. The second-order valence-electron chi connectivity index (χ2n) is 3.38. The maximum atomic E-state index is 8.93. The molecule has 1 rings (SSSR count). The molecule has 16 heavy (non-hydrogen) atoms. The highest BCUT2D eigenvalue weighted by molar-refractivity contribution is 6.58. The lowest BCUT2D eigenvalue weighted by atomic mass is 9.82. The van der Waals surface area contributed by atoms with E-state index in [1.807, 2.05) is 0 Å². The van der Waals surface area contributed by atoms with Gasteiger partial charge in [0.05, 0.1) is 12.8 Å². The summed E-state index contributed by atoms with van der Waals surface area (Å²) < 4.78 is 10.3. The van der Waals surface area contributed by atoms with Gasteiger partial charge in [0, 0.05) is 25.4 Å². The van der Waals surface area contributed by atoms with Crippen molar-refractivity contribution in [2.24, 2.45) is 0 Å². The summed E-state index contributed by atoms with van der Waals surface area (Å²) in [5.74, 6) is 0.544. The third-order valence-electron chi connectivity index (χ3n) is 2.04. The topological polar surface area (TPSA) is 71.8 Å². The van der Waals surface area contributed by atoms with Crippen LogP contribution in [0.5, 0.6) is 5.75 Å². The van der Waals surface area contributed by atoms with Crippen molar-refractivity contribution < 1.29 is 19.5 Å². The fraction of sp³-hybridized carbons (Fsp3) is 0.500. The largest absolute Gasteiger partial charge is 0.492 e. The molecule has 0 unspecified atom stereocenters. The molecule has 2 N–H and O–H groups in total. The summed E-state index contributed by atoms with van der Waals surface area (Å²) in [6, 6.07) is 1.56. The van der Waals surface area contributed by atoms with E-state index in [2.05, 4.69) is 4.98 Å². The molecule has 0 aliphatic carbocycles. The first-order valence-electron chi connectivity index (χ1n) is 5.17. The molecule has 6 heteroatoms. The molecule has 0 amide bonds. The van der Waals surface area contributed by atoms with Gasteiger partial charge in [-0.3, -0.25) is 4.98 Å². The van der Waals surface area contributed by atoms with Crippen molar-refractivity contribution in [2.45, 2.75) is 12.8 Å². The van der Waals surface area contributed by atoms with E-state index in [0.29, 0.717) is 17.8 Å². The van der Waals surface area contributed by atoms with Crippen LogP contribution < -0.4 is 10.2 Å². The smallest absolute Gasteiger partial charge is 0.490 e. The van der Waals surface area contributed by atoms with E-state index in [9.17, 15) is 0 Å². The Morgan fingerprint density at radius 1 is 1.25 bits per heavy atom. The summed E-state index contributed by atoms with van der Waals surface area (Å²) >= 11 is 0. The number of pyridine rings is 1. The number of ether oxygens (including phenoxy) is 2. The van der Waals surface area contributed by atoms with Gasteiger partial charge in [-0.25, -0.2) is 0 Å². The third-order valence-corrected chi connectivity index (χ3v) is 2.04. The van der Waals surface area contributed by atoms with Gasteiger partial charge in [-0.2, -0.15) is 0 Å². The zero-order valence-electron chi connectivity index (χ0n) is 9.30. The Morgan fingerprint density at radius 2 is 2.00 bits per heavy atom. The summed E-state index contributed by atoms with van der Waals surface area (Å²) in [7, 11) is 0.154. The van der Waals surface area contributed by atoms with Crippen LogP contribution in [0.1, 0.15) is 12.8 Å². The predicted octanol–water partition coefficient (Wildman–Crippen LogP) is -0.433. The van der Waals surface area contributed by atoms with Gasteiger partial charge in [-0.1, -0.05) is 0 Å². The second-order valence-corrected chi connectivity index (χ2v) is 3.38. The molecule has 0 spiro atoms. The lowest BCUT2D eigenvalue weighted by molar-refractivity contribution is 0.184. The quantitative estimate of drug-likeness (QED) is 0.486. The van der Waals surface area contributed by atoms with E-state index in [4.69, 9.17) is 19.5 Å². The van der Waals surface area contributed by atoms with Crippen LogP contribution in [-0.4, -0.2) is 42.5 Å². The van der Waals surface area contributed by atoms with Crippen LogP contribution in [0, 0.1) is 0 Å². The fourth-order valence-electron chi connectivity index (χ4n) is 1.19. The first-order chi connectivity index (χ1) is 7.74. The summed E-state index contributed by atoms with van der Waals surface area (Å²) in [5.41, 5.74) is 0.328. The SMILES string of the molecule is COCCCCOc1cncc(B(O)O)c1. The lowest BCUT2D eigenvalue weighted by Crippen LogP contribution is -2.30. The Labute approximate surface area is 95.2 Å². The number of rotatable bonds is 7. The molecule has 88 valence electrons. The van der Waals surface area contributed by atoms with Crippen molar-refractivity contribution in [3.63, 3.8) is 0 Å². The Balaban J connectivity index is 2.33. The molecule has 0 atom stereocenters. The highest BCUT2D eigenvalue weighted by Crippen LogP contribution is 2.06. The molecule has 0 aliphatic heterocycles. The average molecular weight is 225 g/mol. The summed E-state index contributed by atoms with van der Waals surface area (Å²) in [5, 5.41) is 17.9. The minimum atomic E-state index is -1.51. The second kappa shape index (κ2) is 7.21. The minimum absolute atomic E-state index is 0.328. The number of unbranched alkanes of at least 4 members (excludes halogenated alkanes) is 1. The zero-order chi connectivity index (χ0) is 11.8. The Hall–Kier alpha value is -1.11. The van der Waals surface area contributed by atoms with Crippen molar-refractivity contribution in [1.29, 1.82) is 0 Å². The Morgan fingerprint density at radius 3 is 2.69 bits per heavy atom. The number of hydrogen-bond acceptors (Lipinski definition) is 5. The highest BCUT2D eigenvalue weighted by atomic mass is 16.5. The number of aromatic nitrogens is 1. The standard InChI is InChI=1S/C10H16BNO4/c1-15-4-2-3-5-16-10-6-9(11(13)14)7-12-8-10/h6-8,13-14H,2-5H2,1H3. The van der Waals surface area contributed by atoms with E-state index < -0.39 is 7.12 Å². The Bertz CT molecular complexity index is 309. The molecule has 0 aromatic carbocycles. The molecule has 0 saturated carbocycles. The molecular formula is C10H16BNO4. The monoisotopic (exact) mass is 225 g/mol. The van der Waals surface area contributed by atoms with Gasteiger partial charge < -0.3 is 19.5 Å². The first kappa shape index (κ1) is 13.0. The number of hydrogen-bond donors (Lipinski definition) is 2.